The van der Waals surface area contributed by atoms with E-state index in [-0.39, 0.29) is 28.0 Å². The van der Waals surface area contributed by atoms with Crippen LogP contribution in [-0.2, 0) is 6.54 Å². The first-order valence-corrected chi connectivity index (χ1v) is 11.4. The van der Waals surface area contributed by atoms with Gasteiger partial charge in [-0.3, -0.25) is 19.6 Å². The highest BCUT2D eigenvalue weighted by Gasteiger charge is 2.15. The average molecular weight is 524 g/mol. The first-order valence-electron chi connectivity index (χ1n) is 10.6. The van der Waals surface area contributed by atoms with Gasteiger partial charge in [-0.2, -0.15) is 5.10 Å². The Balaban J connectivity index is 1.68. The third-order valence-corrected chi connectivity index (χ3v) is 5.70. The number of carbonyl (C=O) groups excluding carboxylic acids is 2. The van der Waals surface area contributed by atoms with Crippen molar-refractivity contribution in [2.75, 3.05) is 10.6 Å². The normalized spacial score (nSPS) is 10.6. The van der Waals surface area contributed by atoms with Crippen molar-refractivity contribution in [3.8, 4) is 22.4 Å². The van der Waals surface area contributed by atoms with E-state index in [2.05, 4.69) is 25.7 Å². The average Bonchev–Trinajstić information content (AvgIpc) is 2.87. The van der Waals surface area contributed by atoms with E-state index in [9.17, 15) is 14.4 Å². The zero-order valence-electron chi connectivity index (χ0n) is 18.8. The van der Waals surface area contributed by atoms with E-state index in [0.717, 1.165) is 5.56 Å². The van der Waals surface area contributed by atoms with Gasteiger partial charge in [-0.25, -0.2) is 9.48 Å². The summed E-state index contributed by atoms with van der Waals surface area (Å²) in [6, 6.07) is 9.36. The van der Waals surface area contributed by atoms with Crippen molar-refractivity contribution in [3.63, 3.8) is 0 Å². The molecule has 3 amide bonds. The molecule has 0 fully saturated rings. The van der Waals surface area contributed by atoms with E-state index >= 15 is 0 Å². The summed E-state index contributed by atoms with van der Waals surface area (Å²) < 4.78 is 1.22. The van der Waals surface area contributed by atoms with Gasteiger partial charge in [0.1, 0.15) is 5.69 Å². The van der Waals surface area contributed by atoms with E-state index in [1.54, 1.807) is 43.6 Å². The molecule has 36 heavy (non-hydrogen) atoms. The number of benzene rings is 1. The topological polar surface area (TPSA) is 145 Å². The Bertz CT molecular complexity index is 1520. The molecule has 3 aromatic heterocycles. The van der Waals surface area contributed by atoms with Crippen LogP contribution in [0.5, 0.6) is 0 Å². The zero-order chi connectivity index (χ0) is 25.8. The maximum atomic E-state index is 12.8. The van der Waals surface area contributed by atoms with Crippen molar-refractivity contribution in [1.29, 1.82) is 0 Å². The van der Waals surface area contributed by atoms with E-state index in [4.69, 9.17) is 28.9 Å². The molecule has 3 heterocycles. The lowest BCUT2D eigenvalue weighted by Crippen LogP contribution is -2.29. The predicted molar refractivity (Wildman–Crippen MR) is 138 cm³/mol. The summed E-state index contributed by atoms with van der Waals surface area (Å²) in [7, 11) is 0. The molecule has 0 aliphatic heterocycles. The van der Waals surface area contributed by atoms with Crippen LogP contribution < -0.4 is 21.9 Å². The van der Waals surface area contributed by atoms with E-state index in [0.29, 0.717) is 22.4 Å². The molecule has 0 saturated heterocycles. The van der Waals surface area contributed by atoms with Gasteiger partial charge in [0, 0.05) is 48.0 Å². The van der Waals surface area contributed by atoms with E-state index in [1.165, 1.54) is 23.1 Å². The van der Waals surface area contributed by atoms with Crippen molar-refractivity contribution in [2.24, 2.45) is 5.73 Å². The lowest BCUT2D eigenvalue weighted by Gasteiger charge is -2.13. The second kappa shape index (κ2) is 10.5. The molecular formula is C24H19Cl2N7O3. The number of hydrogen-bond acceptors (Lipinski definition) is 6. The Morgan fingerprint density at radius 1 is 0.944 bits per heavy atom. The highest BCUT2D eigenvalue weighted by Crippen LogP contribution is 2.29. The Morgan fingerprint density at radius 3 is 2.33 bits per heavy atom. The number of aryl methyl sites for hydroxylation is 1. The van der Waals surface area contributed by atoms with E-state index in [1.807, 2.05) is 6.07 Å². The minimum Gasteiger partial charge on any atom is -0.366 e. The van der Waals surface area contributed by atoms with Crippen LogP contribution in [0.15, 0.2) is 66.0 Å². The first-order chi connectivity index (χ1) is 17.3. The van der Waals surface area contributed by atoms with Crippen LogP contribution in [0.3, 0.4) is 0 Å². The number of nitrogens with one attached hydrogen (secondary N) is 2. The van der Waals surface area contributed by atoms with Crippen molar-refractivity contribution in [2.45, 2.75) is 13.5 Å². The number of rotatable bonds is 6. The van der Waals surface area contributed by atoms with Gasteiger partial charge in [0.25, 0.3) is 5.56 Å². The van der Waals surface area contributed by atoms with Crippen molar-refractivity contribution in [1.82, 2.24) is 19.7 Å². The molecule has 1 aromatic carbocycles. The second-order valence-corrected chi connectivity index (χ2v) is 8.34. The van der Waals surface area contributed by atoms with Crippen LogP contribution in [0.2, 0.25) is 10.0 Å². The van der Waals surface area contributed by atoms with Crippen molar-refractivity contribution >= 4 is 46.5 Å². The third kappa shape index (κ3) is 5.35. The van der Waals surface area contributed by atoms with Crippen molar-refractivity contribution in [3.05, 3.63) is 87.1 Å². The van der Waals surface area contributed by atoms with Gasteiger partial charge in [0.05, 0.1) is 21.4 Å². The summed E-state index contributed by atoms with van der Waals surface area (Å²) in [5.41, 5.74) is 7.83. The van der Waals surface area contributed by atoms with Gasteiger partial charge < -0.3 is 16.4 Å². The third-order valence-electron chi connectivity index (χ3n) is 5.13. The summed E-state index contributed by atoms with van der Waals surface area (Å²) in [5, 5.41) is 9.73. The van der Waals surface area contributed by atoms with Crippen LogP contribution in [0.25, 0.3) is 22.4 Å². The molecule has 0 aliphatic carbocycles. The van der Waals surface area contributed by atoms with Crippen LogP contribution in [0.1, 0.15) is 17.3 Å². The Labute approximate surface area is 215 Å². The molecule has 0 spiro atoms. The van der Waals surface area contributed by atoms with Crippen molar-refractivity contribution < 1.29 is 9.59 Å². The molecule has 4 aromatic rings. The molecule has 0 unspecified atom stereocenters. The molecular weight excluding hydrogens is 505 g/mol. The number of nitrogens with zero attached hydrogens (tertiary/aromatic N) is 4. The molecule has 10 nitrogen and oxygen atoms in total. The number of urea groups is 1. The van der Waals surface area contributed by atoms with Gasteiger partial charge >= 0.3 is 6.03 Å². The Morgan fingerprint density at radius 2 is 1.64 bits per heavy atom. The SMILES string of the molecule is CCn1nc(-c2cncc(-c3cccc(C(N)=O)c3)c2)cc(NC(=O)Nc2c(Cl)cncc2Cl)c1=O. The highest BCUT2D eigenvalue weighted by molar-refractivity contribution is 6.39. The number of aromatic nitrogens is 4. The molecule has 4 N–H and O–H groups in total. The molecule has 0 atom stereocenters. The Hall–Kier alpha value is -4.28. The predicted octanol–water partition coefficient (Wildman–Crippen LogP) is 4.44. The second-order valence-electron chi connectivity index (χ2n) is 7.53. The molecule has 0 saturated carbocycles. The van der Waals surface area contributed by atoms with Crippen LogP contribution >= 0.6 is 23.2 Å². The number of nitrogens with two attached hydrogens (primary N) is 1. The quantitative estimate of drug-likeness (QED) is 0.340. The summed E-state index contributed by atoms with van der Waals surface area (Å²) in [6.07, 6.45) is 5.87. The van der Waals surface area contributed by atoms with Gasteiger partial charge in [-0.05, 0) is 36.8 Å². The number of pyridine rings is 2. The molecule has 0 bridgehead atoms. The molecule has 4 rings (SSSR count). The standard InChI is InChI=1S/C24H19Cl2N7O3/c1-2-33-23(35)20(30-24(36)31-21-17(25)11-29-12-18(21)26)8-19(32-33)16-7-15(9-28-10-16)13-4-3-5-14(6-13)22(27)34/h3-12H,2H2,1H3,(H2,27,34)(H2,29,30,31,36). The van der Waals surface area contributed by atoms with Gasteiger partial charge in [-0.1, -0.05) is 35.3 Å². The fraction of sp³-hybridized carbons (Fsp3) is 0.0833. The maximum absolute atomic E-state index is 12.8. The minimum atomic E-state index is -0.725. The van der Waals surface area contributed by atoms with Gasteiger partial charge in [0.2, 0.25) is 5.91 Å². The largest absolute Gasteiger partial charge is 0.366 e. The van der Waals surface area contributed by atoms with Gasteiger partial charge in [0.15, 0.2) is 0 Å². The van der Waals surface area contributed by atoms with Crippen LogP contribution in [0.4, 0.5) is 16.2 Å². The lowest BCUT2D eigenvalue weighted by molar-refractivity contribution is 0.100. The monoisotopic (exact) mass is 523 g/mol. The smallest absolute Gasteiger partial charge is 0.323 e. The number of primary amides is 1. The maximum Gasteiger partial charge on any atom is 0.323 e. The molecule has 12 heteroatoms. The molecule has 0 radical (unpaired) electrons. The summed E-state index contributed by atoms with van der Waals surface area (Å²) in [5.74, 6) is -0.541. The number of anilines is 2. The zero-order valence-corrected chi connectivity index (χ0v) is 20.3. The summed E-state index contributed by atoms with van der Waals surface area (Å²) >= 11 is 12.1. The number of carbonyl (C=O) groups is 2. The number of halogens is 2. The summed E-state index contributed by atoms with van der Waals surface area (Å²) in [4.78, 5) is 45.1. The lowest BCUT2D eigenvalue weighted by atomic mass is 10.0. The van der Waals surface area contributed by atoms with E-state index < -0.39 is 17.5 Å². The number of amides is 3. The minimum absolute atomic E-state index is 0.0122. The fourth-order valence-electron chi connectivity index (χ4n) is 3.37. The molecule has 0 aliphatic rings. The van der Waals surface area contributed by atoms with Gasteiger partial charge in [-0.15, -0.1) is 0 Å². The summed E-state index contributed by atoms with van der Waals surface area (Å²) in [6.45, 7) is 2.02. The fourth-order valence-corrected chi connectivity index (χ4v) is 3.83. The van der Waals surface area contributed by atoms with Crippen LogP contribution in [0, 0.1) is 0 Å². The van der Waals surface area contributed by atoms with Crippen LogP contribution in [-0.4, -0.2) is 31.7 Å². The Kier molecular flexibility index (Phi) is 7.28. The number of hydrogen-bond donors (Lipinski definition) is 3. The highest BCUT2D eigenvalue weighted by atomic mass is 35.5. The molecule has 182 valence electrons. The first kappa shape index (κ1) is 24.8.